The number of ether oxygens (including phenoxy) is 1. The van der Waals surface area contributed by atoms with Gasteiger partial charge in [0.2, 0.25) is 5.91 Å². The van der Waals surface area contributed by atoms with Crippen LogP contribution < -0.4 is 15.4 Å². The SMILES string of the molecule is C=CC(=O)N1C(C)CN(c2nc(OC[C@]34CCCN3C[C@H](F)C4)nc3c(F)c(-c4ccc(F)c5sc(N)nc45)c(C(F)(F)F)cc23)CC1C. The maximum atomic E-state index is 16.9. The first-order chi connectivity index (χ1) is 23.2. The van der Waals surface area contributed by atoms with E-state index >= 15 is 4.39 Å². The Kier molecular flexibility index (Phi) is 8.16. The molecule has 260 valence electrons. The van der Waals surface area contributed by atoms with E-state index in [-0.39, 0.29) is 76.7 Å². The topological polar surface area (TPSA) is 101 Å². The van der Waals surface area contributed by atoms with E-state index in [2.05, 4.69) is 21.5 Å². The molecule has 3 saturated heterocycles. The van der Waals surface area contributed by atoms with E-state index in [9.17, 15) is 26.7 Å². The zero-order valence-electron chi connectivity index (χ0n) is 26.7. The Morgan fingerprint density at radius 2 is 1.88 bits per heavy atom. The van der Waals surface area contributed by atoms with Gasteiger partial charge in [-0.15, -0.1) is 0 Å². The Balaban J connectivity index is 1.42. The number of carbonyl (C=O) groups excluding carboxylic acids is 1. The third kappa shape index (κ3) is 5.62. The number of fused-ring (bicyclic) bond motifs is 3. The van der Waals surface area contributed by atoms with Crippen LogP contribution in [0.5, 0.6) is 6.01 Å². The van der Waals surface area contributed by atoms with Gasteiger partial charge < -0.3 is 20.3 Å². The van der Waals surface area contributed by atoms with Gasteiger partial charge in [0.1, 0.15) is 29.9 Å². The average molecular weight is 706 g/mol. The van der Waals surface area contributed by atoms with E-state index < -0.39 is 58.2 Å². The number of rotatable bonds is 6. The molecule has 2 unspecified atom stereocenters. The van der Waals surface area contributed by atoms with Crippen molar-refractivity contribution in [2.45, 2.75) is 63.1 Å². The van der Waals surface area contributed by atoms with Crippen molar-refractivity contribution in [2.24, 2.45) is 0 Å². The van der Waals surface area contributed by atoms with Crippen LogP contribution in [-0.4, -0.2) is 87.2 Å². The molecule has 3 aliphatic heterocycles. The van der Waals surface area contributed by atoms with Crippen molar-refractivity contribution < 1.29 is 35.9 Å². The highest BCUT2D eigenvalue weighted by atomic mass is 32.1. The summed E-state index contributed by atoms with van der Waals surface area (Å²) >= 11 is 0.735. The van der Waals surface area contributed by atoms with Gasteiger partial charge in [0.05, 0.1) is 21.3 Å². The van der Waals surface area contributed by atoms with Gasteiger partial charge in [0.25, 0.3) is 0 Å². The summed E-state index contributed by atoms with van der Waals surface area (Å²) in [5.41, 5.74) is 2.01. The van der Waals surface area contributed by atoms with Gasteiger partial charge in [-0.2, -0.15) is 23.1 Å². The first-order valence-corrected chi connectivity index (χ1v) is 16.7. The molecule has 1 amide bonds. The number of halogens is 6. The van der Waals surface area contributed by atoms with Crippen molar-refractivity contribution in [3.05, 3.63) is 48.1 Å². The summed E-state index contributed by atoms with van der Waals surface area (Å²) in [4.78, 5) is 30.8. The lowest BCUT2D eigenvalue weighted by atomic mass is 9.94. The monoisotopic (exact) mass is 705 g/mol. The van der Waals surface area contributed by atoms with Crippen molar-refractivity contribution in [1.29, 1.82) is 0 Å². The lowest BCUT2D eigenvalue weighted by Crippen LogP contribution is -2.58. The minimum Gasteiger partial charge on any atom is -0.461 e. The van der Waals surface area contributed by atoms with Crippen LogP contribution in [0.25, 0.3) is 32.2 Å². The second-order valence-electron chi connectivity index (χ2n) is 13.1. The second kappa shape index (κ2) is 12.0. The molecule has 2 aromatic heterocycles. The number of nitrogen functional groups attached to an aromatic ring is 1. The van der Waals surface area contributed by atoms with Crippen LogP contribution in [0.3, 0.4) is 0 Å². The number of alkyl halides is 4. The third-order valence-electron chi connectivity index (χ3n) is 9.86. The van der Waals surface area contributed by atoms with Gasteiger partial charge in [0, 0.05) is 54.7 Å². The molecule has 4 aromatic rings. The van der Waals surface area contributed by atoms with Crippen molar-refractivity contribution in [2.75, 3.05) is 43.4 Å². The molecule has 7 rings (SSSR count). The van der Waals surface area contributed by atoms with Crippen LogP contribution in [0.4, 0.5) is 37.3 Å². The number of piperazine rings is 1. The molecule has 0 saturated carbocycles. The number of hydrogen-bond donors (Lipinski definition) is 1. The summed E-state index contributed by atoms with van der Waals surface area (Å²) in [7, 11) is 0. The highest BCUT2D eigenvalue weighted by Crippen LogP contribution is 2.46. The molecule has 3 aliphatic rings. The van der Waals surface area contributed by atoms with E-state index in [4.69, 9.17) is 10.5 Å². The van der Waals surface area contributed by atoms with Crippen LogP contribution in [0.15, 0.2) is 30.9 Å². The summed E-state index contributed by atoms with van der Waals surface area (Å²) in [6.07, 6.45) is -3.15. The largest absolute Gasteiger partial charge is 0.461 e. The smallest absolute Gasteiger partial charge is 0.417 e. The maximum absolute atomic E-state index is 16.9. The Bertz CT molecular complexity index is 1980. The zero-order valence-corrected chi connectivity index (χ0v) is 27.5. The van der Waals surface area contributed by atoms with E-state index in [1.807, 2.05) is 4.90 Å². The number of aromatic nitrogens is 3. The molecule has 0 radical (unpaired) electrons. The van der Waals surface area contributed by atoms with Crippen molar-refractivity contribution in [3.63, 3.8) is 0 Å². The van der Waals surface area contributed by atoms with Crippen molar-refractivity contribution >= 4 is 49.3 Å². The molecule has 3 fully saturated rings. The number of hydrogen-bond acceptors (Lipinski definition) is 9. The van der Waals surface area contributed by atoms with E-state index in [0.29, 0.717) is 13.0 Å². The lowest BCUT2D eigenvalue weighted by Gasteiger charge is -2.44. The fourth-order valence-corrected chi connectivity index (χ4v) is 8.62. The zero-order chi connectivity index (χ0) is 35.0. The molecule has 0 spiro atoms. The second-order valence-corrected chi connectivity index (χ2v) is 14.1. The molecule has 0 aliphatic carbocycles. The van der Waals surface area contributed by atoms with Gasteiger partial charge in [-0.1, -0.05) is 17.9 Å². The standard InChI is InChI=1S/C33H33F6N7O2S/c1-4-23(47)46-16(2)12-44(13-17(46)3)29-20-10-21(33(37,38)39)24(19-6-7-22(35)28-27(19)41-30(40)49-28)25(36)26(20)42-31(43-29)48-15-32-8-5-9-45(32)14-18(34)11-32/h4,6-7,10,16-18H,1,5,8-9,11-15H2,2-3H3,(H2,40,41)/t16?,17?,18-,32-/m1/s1. The normalized spacial score (nSPS) is 24.6. The minimum absolute atomic E-state index is 0.00141. The van der Waals surface area contributed by atoms with Gasteiger partial charge in [0.15, 0.2) is 10.9 Å². The lowest BCUT2D eigenvalue weighted by molar-refractivity contribution is -0.137. The maximum Gasteiger partial charge on any atom is 0.417 e. The number of amides is 1. The Hall–Kier alpha value is -4.18. The average Bonchev–Trinajstić information content (AvgIpc) is 3.71. The predicted octanol–water partition coefficient (Wildman–Crippen LogP) is 6.35. The first-order valence-electron chi connectivity index (χ1n) is 15.9. The van der Waals surface area contributed by atoms with Crippen molar-refractivity contribution in [1.82, 2.24) is 24.8 Å². The van der Waals surface area contributed by atoms with Crippen molar-refractivity contribution in [3.8, 4) is 17.1 Å². The summed E-state index contributed by atoms with van der Waals surface area (Å²) < 4.78 is 96.8. The Labute approximate surface area is 281 Å². The van der Waals surface area contributed by atoms with Gasteiger partial charge in [-0.05, 0) is 57.5 Å². The molecule has 2 aromatic carbocycles. The third-order valence-corrected chi connectivity index (χ3v) is 10.7. The molecule has 5 heterocycles. The van der Waals surface area contributed by atoms with Crippen LogP contribution >= 0.6 is 11.3 Å². The molecule has 0 bridgehead atoms. The highest BCUT2D eigenvalue weighted by Gasteiger charge is 2.49. The van der Waals surface area contributed by atoms with E-state index in [0.717, 1.165) is 36.0 Å². The number of anilines is 2. The Morgan fingerprint density at radius 3 is 2.57 bits per heavy atom. The highest BCUT2D eigenvalue weighted by molar-refractivity contribution is 7.22. The quantitative estimate of drug-likeness (QED) is 0.183. The van der Waals surface area contributed by atoms with Crippen LogP contribution in [-0.2, 0) is 11.0 Å². The molecule has 49 heavy (non-hydrogen) atoms. The van der Waals surface area contributed by atoms with Gasteiger partial charge >= 0.3 is 12.2 Å². The van der Waals surface area contributed by atoms with Crippen LogP contribution in [0.1, 0.15) is 38.7 Å². The molecule has 2 N–H and O–H groups in total. The summed E-state index contributed by atoms with van der Waals surface area (Å²) in [6.45, 7) is 8.40. The van der Waals surface area contributed by atoms with Crippen LogP contribution in [0, 0.1) is 11.6 Å². The summed E-state index contributed by atoms with van der Waals surface area (Å²) in [6, 6.07) is 1.65. The molecule has 9 nitrogen and oxygen atoms in total. The minimum atomic E-state index is -5.06. The number of nitrogens with zero attached hydrogens (tertiary/aromatic N) is 6. The van der Waals surface area contributed by atoms with E-state index in [1.165, 1.54) is 6.08 Å². The van der Waals surface area contributed by atoms with Crippen LogP contribution in [0.2, 0.25) is 0 Å². The van der Waals surface area contributed by atoms with E-state index in [1.54, 1.807) is 23.6 Å². The predicted molar refractivity (Wildman–Crippen MR) is 174 cm³/mol. The molecule has 4 atom stereocenters. The fourth-order valence-electron chi connectivity index (χ4n) is 7.86. The van der Waals surface area contributed by atoms with Gasteiger partial charge in [-0.25, -0.2) is 18.2 Å². The summed E-state index contributed by atoms with van der Waals surface area (Å²) in [5.74, 6) is -2.41. The summed E-state index contributed by atoms with van der Waals surface area (Å²) in [5, 5.41) is -0.332. The molecular weight excluding hydrogens is 672 g/mol. The van der Waals surface area contributed by atoms with Gasteiger partial charge in [-0.3, -0.25) is 9.69 Å². The number of thiazole rings is 1. The number of nitrogens with two attached hydrogens (primary N) is 1. The molecule has 16 heteroatoms. The fraction of sp³-hybridized carbons (Fsp3) is 0.455. The first kappa shape index (κ1) is 33.3. The number of carbonyl (C=O) groups is 1. The Morgan fingerprint density at radius 1 is 1.14 bits per heavy atom. The number of benzene rings is 2. The molecular formula is C33H33F6N7O2S.